The van der Waals surface area contributed by atoms with Gasteiger partial charge in [-0.05, 0) is 62.2 Å². The average Bonchev–Trinajstić information content (AvgIpc) is 2.98. The summed E-state index contributed by atoms with van der Waals surface area (Å²) in [6, 6.07) is 26.6. The summed E-state index contributed by atoms with van der Waals surface area (Å²) in [7, 11) is -1.22. The molecule has 31 heavy (non-hydrogen) atoms. The fourth-order valence-electron chi connectivity index (χ4n) is 3.92. The molecule has 0 aromatic heterocycles. The van der Waals surface area contributed by atoms with E-state index >= 15 is 0 Å². The Kier molecular flexibility index (Phi) is 5.74. The number of hydrogen-bond acceptors (Lipinski definition) is 3. The number of nitrogens with one attached hydrogen (secondary N) is 2. The van der Waals surface area contributed by atoms with E-state index in [1.54, 1.807) is 4.90 Å². The van der Waals surface area contributed by atoms with Crippen molar-refractivity contribution in [2.75, 3.05) is 12.1 Å². The maximum atomic E-state index is 14.1. The highest BCUT2D eigenvalue weighted by atomic mass is 31.2. The van der Waals surface area contributed by atoms with Crippen LogP contribution in [0, 0.1) is 0 Å². The second-order valence-electron chi connectivity index (χ2n) is 8.45. The molecule has 0 spiro atoms. The van der Waals surface area contributed by atoms with Gasteiger partial charge in [-0.1, -0.05) is 48.5 Å². The van der Waals surface area contributed by atoms with E-state index in [-0.39, 0.29) is 17.6 Å². The van der Waals surface area contributed by atoms with Crippen molar-refractivity contribution < 1.29 is 9.36 Å². The Morgan fingerprint density at radius 2 is 1.42 bits per heavy atom. The van der Waals surface area contributed by atoms with E-state index in [2.05, 4.69) is 10.4 Å². The van der Waals surface area contributed by atoms with Gasteiger partial charge >= 0.3 is 0 Å². The van der Waals surface area contributed by atoms with Crippen molar-refractivity contribution in [2.45, 2.75) is 32.0 Å². The molecule has 1 aliphatic rings. The summed E-state index contributed by atoms with van der Waals surface area (Å²) in [5.74, 6) is 0.102. The van der Waals surface area contributed by atoms with Crippen LogP contribution in [-0.2, 0) is 15.8 Å². The monoisotopic (exact) mass is 433 g/mol. The van der Waals surface area contributed by atoms with Gasteiger partial charge in [-0.25, -0.2) is 0 Å². The Bertz CT molecular complexity index is 1060. The Morgan fingerprint density at radius 3 is 1.87 bits per heavy atom. The van der Waals surface area contributed by atoms with Gasteiger partial charge in [0.25, 0.3) is 0 Å². The van der Waals surface area contributed by atoms with E-state index in [4.69, 9.17) is 0 Å². The fourth-order valence-corrected chi connectivity index (χ4v) is 6.17. The number of nitrogens with zero attached hydrogens (tertiary/aromatic N) is 1. The van der Waals surface area contributed by atoms with Gasteiger partial charge in [-0.3, -0.25) is 14.7 Å². The van der Waals surface area contributed by atoms with Gasteiger partial charge in [0.1, 0.15) is 0 Å². The van der Waals surface area contributed by atoms with Crippen molar-refractivity contribution in [1.82, 2.24) is 10.2 Å². The van der Waals surface area contributed by atoms with E-state index in [9.17, 15) is 9.36 Å². The molecular weight excluding hydrogens is 405 g/mol. The Hall–Kier alpha value is -2.88. The first-order valence-electron chi connectivity index (χ1n) is 10.4. The van der Waals surface area contributed by atoms with Crippen LogP contribution in [0.4, 0.5) is 5.69 Å². The van der Waals surface area contributed by atoms with Crippen LogP contribution in [0.1, 0.15) is 19.4 Å². The standard InChI is InChI=1S/C25H28N3O2P/c1-25(2)26-23(24(29)28(25)3)18-19-14-16-20(17-15-19)27-31(30,21-10-6-4-7-11-21)22-12-8-5-9-13-22/h4-17,23,26H,18H2,1-3H3,(H,27,30)/t23-/m0/s1. The highest BCUT2D eigenvalue weighted by Crippen LogP contribution is 2.43. The molecule has 5 nitrogen and oxygen atoms in total. The smallest absolute Gasteiger partial charge is 0.241 e. The summed E-state index contributed by atoms with van der Waals surface area (Å²) >= 11 is 0. The summed E-state index contributed by atoms with van der Waals surface area (Å²) < 4.78 is 14.1. The molecule has 1 heterocycles. The topological polar surface area (TPSA) is 61.4 Å². The lowest BCUT2D eigenvalue weighted by Crippen LogP contribution is -2.45. The first-order chi connectivity index (χ1) is 14.8. The number of carbonyl (C=O) groups excluding carboxylic acids is 1. The van der Waals surface area contributed by atoms with E-state index < -0.39 is 7.29 Å². The molecule has 0 bridgehead atoms. The fraction of sp³-hybridized carbons (Fsp3) is 0.240. The van der Waals surface area contributed by atoms with E-state index in [1.807, 2.05) is 106 Å². The van der Waals surface area contributed by atoms with Gasteiger partial charge in [0, 0.05) is 23.3 Å². The molecule has 1 fully saturated rings. The third-order valence-electron chi connectivity index (χ3n) is 5.91. The summed E-state index contributed by atoms with van der Waals surface area (Å²) in [5, 5.41) is 8.21. The summed E-state index contributed by atoms with van der Waals surface area (Å²) in [6.45, 7) is 4.01. The lowest BCUT2D eigenvalue weighted by Gasteiger charge is -2.27. The average molecular weight is 433 g/mol. The molecule has 1 saturated heterocycles. The minimum absolute atomic E-state index is 0.102. The molecule has 0 radical (unpaired) electrons. The largest absolute Gasteiger partial charge is 0.329 e. The van der Waals surface area contributed by atoms with Gasteiger partial charge in [-0.2, -0.15) is 0 Å². The van der Waals surface area contributed by atoms with Crippen LogP contribution in [-0.4, -0.2) is 29.6 Å². The van der Waals surface area contributed by atoms with Crippen LogP contribution >= 0.6 is 7.29 Å². The molecule has 1 amide bonds. The molecule has 1 atom stereocenters. The van der Waals surface area contributed by atoms with Crippen LogP contribution in [0.5, 0.6) is 0 Å². The van der Waals surface area contributed by atoms with Crippen LogP contribution < -0.4 is 21.0 Å². The quantitative estimate of drug-likeness (QED) is 0.582. The van der Waals surface area contributed by atoms with Crippen LogP contribution in [0.2, 0.25) is 0 Å². The number of amides is 1. The summed E-state index contributed by atoms with van der Waals surface area (Å²) in [5.41, 5.74) is 1.49. The lowest BCUT2D eigenvalue weighted by atomic mass is 10.1. The molecule has 2 N–H and O–H groups in total. The first kappa shape index (κ1) is 21.4. The van der Waals surface area contributed by atoms with Crippen LogP contribution in [0.25, 0.3) is 0 Å². The highest BCUT2D eigenvalue weighted by Gasteiger charge is 2.41. The van der Waals surface area contributed by atoms with Gasteiger partial charge < -0.3 is 9.99 Å². The second kappa shape index (κ2) is 8.33. The number of likely N-dealkylation sites (N-methyl/N-ethyl adjacent to an activating group) is 1. The van der Waals surface area contributed by atoms with E-state index in [0.29, 0.717) is 6.42 Å². The maximum absolute atomic E-state index is 14.1. The second-order valence-corrected chi connectivity index (χ2v) is 10.9. The number of benzene rings is 3. The van der Waals surface area contributed by atoms with Crippen molar-refractivity contribution in [3.8, 4) is 0 Å². The zero-order chi connectivity index (χ0) is 22.1. The molecular formula is C25H28N3O2P. The molecule has 4 rings (SSSR count). The van der Waals surface area contributed by atoms with Gasteiger partial charge in [0.15, 0.2) is 0 Å². The molecule has 6 heteroatoms. The Balaban J connectivity index is 1.56. The minimum atomic E-state index is -3.05. The molecule has 3 aromatic rings. The first-order valence-corrected chi connectivity index (χ1v) is 12.1. The number of anilines is 1. The molecule has 1 aliphatic heterocycles. The SMILES string of the molecule is CN1C(=O)[C@H](Cc2ccc(NP(=O)(c3ccccc3)c3ccccc3)cc2)NC1(C)C. The molecule has 0 unspecified atom stereocenters. The van der Waals surface area contributed by atoms with Gasteiger partial charge in [0.05, 0.1) is 11.7 Å². The summed E-state index contributed by atoms with van der Waals surface area (Å²) in [4.78, 5) is 14.3. The van der Waals surface area contributed by atoms with E-state index in [0.717, 1.165) is 21.9 Å². The maximum Gasteiger partial charge on any atom is 0.241 e. The number of carbonyl (C=O) groups is 1. The predicted octanol–water partition coefficient (Wildman–Crippen LogP) is 3.74. The molecule has 3 aromatic carbocycles. The lowest BCUT2D eigenvalue weighted by molar-refractivity contribution is -0.129. The molecule has 0 aliphatic carbocycles. The predicted molar refractivity (Wildman–Crippen MR) is 127 cm³/mol. The van der Waals surface area contributed by atoms with Crippen molar-refractivity contribution in [2.24, 2.45) is 0 Å². The number of hydrogen-bond donors (Lipinski definition) is 2. The highest BCUT2D eigenvalue weighted by molar-refractivity contribution is 7.80. The Labute approximate surface area is 183 Å². The van der Waals surface area contributed by atoms with Crippen LogP contribution in [0.15, 0.2) is 84.9 Å². The van der Waals surface area contributed by atoms with Crippen molar-refractivity contribution in [1.29, 1.82) is 0 Å². The van der Waals surface area contributed by atoms with Crippen molar-refractivity contribution in [3.05, 3.63) is 90.5 Å². The van der Waals surface area contributed by atoms with Gasteiger partial charge in [0.2, 0.25) is 13.2 Å². The number of rotatable bonds is 6. The van der Waals surface area contributed by atoms with Crippen molar-refractivity contribution in [3.63, 3.8) is 0 Å². The Morgan fingerprint density at radius 1 is 0.903 bits per heavy atom. The minimum Gasteiger partial charge on any atom is -0.329 e. The van der Waals surface area contributed by atoms with E-state index in [1.165, 1.54) is 0 Å². The molecule has 0 saturated carbocycles. The van der Waals surface area contributed by atoms with Crippen LogP contribution in [0.3, 0.4) is 0 Å². The van der Waals surface area contributed by atoms with Gasteiger partial charge in [-0.15, -0.1) is 0 Å². The third kappa shape index (κ3) is 4.30. The van der Waals surface area contributed by atoms with Crippen molar-refractivity contribution >= 4 is 29.5 Å². The zero-order valence-corrected chi connectivity index (χ0v) is 19.0. The normalized spacial score (nSPS) is 18.2. The zero-order valence-electron chi connectivity index (χ0n) is 18.1. The molecule has 160 valence electrons. The summed E-state index contributed by atoms with van der Waals surface area (Å²) in [6.07, 6.45) is 0.613. The third-order valence-corrected chi connectivity index (χ3v) is 8.54.